The molecule has 144 valence electrons. The summed E-state index contributed by atoms with van der Waals surface area (Å²) in [5, 5.41) is 8.87. The van der Waals surface area contributed by atoms with E-state index in [-0.39, 0.29) is 0 Å². The van der Waals surface area contributed by atoms with Gasteiger partial charge in [0.2, 0.25) is 0 Å². The minimum atomic E-state index is 1.12. The topological polar surface area (TPSA) is 4.41 Å². The van der Waals surface area contributed by atoms with Crippen molar-refractivity contribution in [1.82, 2.24) is 4.40 Å². The molecule has 0 aliphatic rings. The summed E-state index contributed by atoms with van der Waals surface area (Å²) in [7, 11) is 0. The van der Waals surface area contributed by atoms with E-state index in [1.165, 1.54) is 65.6 Å². The summed E-state index contributed by atoms with van der Waals surface area (Å²) in [6.45, 7) is 11.2. The highest BCUT2D eigenvalue weighted by Crippen LogP contribution is 2.38. The number of hydrogen-bond donors (Lipinski definition) is 0. The van der Waals surface area contributed by atoms with Gasteiger partial charge in [0.1, 0.15) is 0 Å². The molecule has 0 saturated carbocycles. The summed E-state index contributed by atoms with van der Waals surface area (Å²) in [6.07, 6.45) is 4.32. The molecular weight excluding hydrogens is 362 g/mol. The third kappa shape index (κ3) is 2.02. The number of pyridine rings is 1. The van der Waals surface area contributed by atoms with Gasteiger partial charge in [-0.3, -0.25) is 0 Å². The van der Waals surface area contributed by atoms with E-state index < -0.39 is 0 Å². The molecule has 0 spiro atoms. The second-order valence-electron chi connectivity index (χ2n) is 8.33. The molecule has 0 bridgehead atoms. The average Bonchev–Trinajstić information content (AvgIpc) is 3.09. The second-order valence-corrected chi connectivity index (χ2v) is 8.33. The number of fused-ring (bicyclic) bond motifs is 6. The van der Waals surface area contributed by atoms with E-state index in [2.05, 4.69) is 105 Å². The first-order valence-corrected chi connectivity index (χ1v) is 10.5. The molecule has 0 atom stereocenters. The van der Waals surface area contributed by atoms with Crippen LogP contribution in [0.2, 0.25) is 0 Å². The summed E-state index contributed by atoms with van der Waals surface area (Å²) >= 11 is 0. The molecule has 1 nitrogen and oxygen atoms in total. The zero-order valence-electron chi connectivity index (χ0n) is 17.6. The van der Waals surface area contributed by atoms with Gasteiger partial charge >= 0.3 is 0 Å². The van der Waals surface area contributed by atoms with Crippen molar-refractivity contribution in [3.63, 3.8) is 0 Å². The fourth-order valence-electron chi connectivity index (χ4n) is 5.43. The molecule has 30 heavy (non-hydrogen) atoms. The zero-order chi connectivity index (χ0) is 20.6. The van der Waals surface area contributed by atoms with Crippen molar-refractivity contribution in [3.05, 3.63) is 88.6 Å². The molecule has 0 unspecified atom stereocenters. The van der Waals surface area contributed by atoms with Crippen LogP contribution in [0.25, 0.3) is 61.5 Å². The highest BCUT2D eigenvalue weighted by molar-refractivity contribution is 6.20. The molecular formula is C29H23N. The van der Waals surface area contributed by atoms with E-state index >= 15 is 0 Å². The Morgan fingerprint density at radius 2 is 1.63 bits per heavy atom. The SMILES string of the molecule is C=c1c2c(C)c3ccccc3cc2n2c3cccc(C)c3c3ccc(/C=C\C)c1c32. The van der Waals surface area contributed by atoms with Gasteiger partial charge in [-0.05, 0) is 65.6 Å². The number of allylic oxidation sites excluding steroid dienone is 1. The predicted molar refractivity (Wildman–Crippen MR) is 132 cm³/mol. The predicted octanol–water partition coefficient (Wildman–Crippen LogP) is 7.33. The summed E-state index contributed by atoms with van der Waals surface area (Å²) in [6, 6.07) is 22.2. The Morgan fingerprint density at radius 3 is 2.47 bits per heavy atom. The second kappa shape index (κ2) is 5.96. The van der Waals surface area contributed by atoms with Gasteiger partial charge in [0.05, 0.1) is 16.6 Å². The van der Waals surface area contributed by atoms with E-state index in [0.717, 1.165) is 5.22 Å². The Morgan fingerprint density at radius 1 is 0.800 bits per heavy atom. The van der Waals surface area contributed by atoms with Gasteiger partial charge in [0.25, 0.3) is 0 Å². The Labute approximate surface area is 175 Å². The normalized spacial score (nSPS) is 12.5. The minimum absolute atomic E-state index is 1.12. The van der Waals surface area contributed by atoms with E-state index in [0.29, 0.717) is 0 Å². The van der Waals surface area contributed by atoms with Crippen LogP contribution in [-0.2, 0) is 0 Å². The van der Waals surface area contributed by atoms with Crippen LogP contribution in [0.5, 0.6) is 0 Å². The summed E-state index contributed by atoms with van der Waals surface area (Å²) in [4.78, 5) is 0. The molecule has 0 radical (unpaired) electrons. The smallest absolute Gasteiger partial charge is 0.0625 e. The van der Waals surface area contributed by atoms with Crippen LogP contribution in [0.1, 0.15) is 23.6 Å². The van der Waals surface area contributed by atoms with Crippen LogP contribution < -0.4 is 5.22 Å². The van der Waals surface area contributed by atoms with Crippen LogP contribution in [-0.4, -0.2) is 4.40 Å². The maximum atomic E-state index is 4.64. The first-order valence-electron chi connectivity index (χ1n) is 10.5. The Kier molecular flexibility index (Phi) is 3.44. The zero-order valence-corrected chi connectivity index (χ0v) is 17.6. The van der Waals surface area contributed by atoms with E-state index in [1.807, 2.05) is 0 Å². The lowest BCUT2D eigenvalue weighted by Gasteiger charge is -2.15. The van der Waals surface area contributed by atoms with Gasteiger partial charge in [-0.1, -0.05) is 67.3 Å². The van der Waals surface area contributed by atoms with E-state index in [1.54, 1.807) is 0 Å². The monoisotopic (exact) mass is 385 g/mol. The molecule has 0 fully saturated rings. The van der Waals surface area contributed by atoms with Gasteiger partial charge in [0, 0.05) is 21.5 Å². The van der Waals surface area contributed by atoms with Crippen molar-refractivity contribution in [2.45, 2.75) is 20.8 Å². The highest BCUT2D eigenvalue weighted by atomic mass is 14.9. The van der Waals surface area contributed by atoms with Gasteiger partial charge in [-0.15, -0.1) is 0 Å². The number of hydrogen-bond acceptors (Lipinski definition) is 0. The fourth-order valence-corrected chi connectivity index (χ4v) is 5.43. The van der Waals surface area contributed by atoms with Crippen LogP contribution in [0.3, 0.4) is 0 Å². The molecule has 0 aliphatic carbocycles. The van der Waals surface area contributed by atoms with Crippen LogP contribution >= 0.6 is 0 Å². The fraction of sp³-hybridized carbons (Fsp3) is 0.103. The summed E-state index contributed by atoms with van der Waals surface area (Å²) in [5.41, 5.74) is 7.64. The lowest BCUT2D eigenvalue weighted by Crippen LogP contribution is -2.09. The number of aryl methyl sites for hydroxylation is 2. The maximum absolute atomic E-state index is 4.64. The standard InChI is InChI=1S/C29H23N/c1-5-9-20-14-15-23-26-17(2)10-8-13-24(26)30-25-16-21-11-6-7-12-22(21)18(3)27(25)19(4)28(20)29(23)30/h5-16H,4H2,1-3H3/b9-5-. The van der Waals surface area contributed by atoms with Crippen LogP contribution in [0, 0.1) is 13.8 Å². The molecule has 6 aromatic rings. The minimum Gasteiger partial charge on any atom is -0.308 e. The molecule has 0 aliphatic heterocycles. The molecule has 4 aromatic carbocycles. The van der Waals surface area contributed by atoms with Gasteiger partial charge < -0.3 is 4.40 Å². The van der Waals surface area contributed by atoms with Crippen molar-refractivity contribution in [3.8, 4) is 0 Å². The highest BCUT2D eigenvalue weighted by Gasteiger charge is 2.19. The van der Waals surface area contributed by atoms with E-state index in [4.69, 9.17) is 0 Å². The quantitative estimate of drug-likeness (QED) is 0.261. The van der Waals surface area contributed by atoms with Gasteiger partial charge in [0.15, 0.2) is 0 Å². The maximum Gasteiger partial charge on any atom is 0.0625 e. The largest absolute Gasteiger partial charge is 0.308 e. The van der Waals surface area contributed by atoms with Crippen molar-refractivity contribution in [2.24, 2.45) is 0 Å². The molecule has 2 heterocycles. The van der Waals surface area contributed by atoms with Crippen LogP contribution in [0.15, 0.2) is 66.7 Å². The number of aromatic nitrogens is 1. The van der Waals surface area contributed by atoms with Crippen molar-refractivity contribution in [2.75, 3.05) is 0 Å². The Balaban J connectivity index is 2.08. The van der Waals surface area contributed by atoms with Crippen molar-refractivity contribution in [1.29, 1.82) is 0 Å². The lowest BCUT2D eigenvalue weighted by molar-refractivity contribution is 1.33. The van der Waals surface area contributed by atoms with Gasteiger partial charge in [-0.2, -0.15) is 0 Å². The van der Waals surface area contributed by atoms with E-state index in [9.17, 15) is 0 Å². The number of rotatable bonds is 1. The molecule has 1 heteroatoms. The Bertz CT molecular complexity index is 1730. The average molecular weight is 386 g/mol. The van der Waals surface area contributed by atoms with Gasteiger partial charge in [-0.25, -0.2) is 0 Å². The summed E-state index contributed by atoms with van der Waals surface area (Å²) in [5.74, 6) is 0. The molecule has 0 saturated heterocycles. The molecule has 0 amide bonds. The molecule has 2 aromatic heterocycles. The van der Waals surface area contributed by atoms with Crippen LogP contribution in [0.4, 0.5) is 0 Å². The van der Waals surface area contributed by atoms with Crippen molar-refractivity contribution >= 4 is 61.5 Å². The number of benzene rings is 4. The summed E-state index contributed by atoms with van der Waals surface area (Å²) < 4.78 is 2.48. The number of nitrogens with zero attached hydrogens (tertiary/aromatic N) is 1. The third-order valence-corrected chi connectivity index (χ3v) is 6.67. The first kappa shape index (κ1) is 17.3. The molecule has 0 N–H and O–H groups in total. The third-order valence-electron chi connectivity index (χ3n) is 6.67. The lowest BCUT2D eigenvalue weighted by atomic mass is 9.95. The van der Waals surface area contributed by atoms with Crippen molar-refractivity contribution < 1.29 is 0 Å². The first-order chi connectivity index (χ1) is 14.6. The Hall–Kier alpha value is -3.58. The molecule has 6 rings (SSSR count).